The quantitative estimate of drug-likeness (QED) is 0.402. The summed E-state index contributed by atoms with van der Waals surface area (Å²) in [5, 5.41) is 6.11. The normalized spacial score (nSPS) is 11.5. The molecule has 1 amide bonds. The van der Waals surface area contributed by atoms with Gasteiger partial charge in [-0.05, 0) is 42.5 Å². The molecule has 10 heteroatoms. The van der Waals surface area contributed by atoms with Crippen LogP contribution in [0.3, 0.4) is 0 Å². The van der Waals surface area contributed by atoms with Crippen LogP contribution in [0.4, 0.5) is 5.13 Å². The standard InChI is InChI=1S/C21H17ClN2O5S2/c1-28-15-5-2-13-10-19(29-18(13)11-15)17-12-30-21(23-17)24-20(25)8-9-31(26,27)16-6-3-14(22)4-7-16/h2-7,10-12H,8-9H2,1H3,(H,23,24,25). The number of hydrogen-bond donors (Lipinski definition) is 1. The minimum atomic E-state index is -3.58. The summed E-state index contributed by atoms with van der Waals surface area (Å²) in [4.78, 5) is 16.7. The van der Waals surface area contributed by atoms with Crippen LogP contribution in [-0.2, 0) is 14.6 Å². The van der Waals surface area contributed by atoms with Gasteiger partial charge in [0.2, 0.25) is 5.91 Å². The first-order valence-electron chi connectivity index (χ1n) is 9.16. The number of hydrogen-bond acceptors (Lipinski definition) is 7. The highest BCUT2D eigenvalue weighted by Gasteiger charge is 2.18. The average Bonchev–Trinajstić information content (AvgIpc) is 3.38. The summed E-state index contributed by atoms with van der Waals surface area (Å²) in [6.07, 6.45) is -0.190. The van der Waals surface area contributed by atoms with Gasteiger partial charge in [-0.3, -0.25) is 4.79 Å². The Labute approximate surface area is 187 Å². The maximum Gasteiger partial charge on any atom is 0.227 e. The number of anilines is 1. The van der Waals surface area contributed by atoms with Crippen molar-refractivity contribution < 1.29 is 22.4 Å². The molecular formula is C21H17ClN2O5S2. The van der Waals surface area contributed by atoms with E-state index in [1.54, 1.807) is 18.6 Å². The fraction of sp³-hybridized carbons (Fsp3) is 0.143. The summed E-state index contributed by atoms with van der Waals surface area (Å²) in [5.41, 5.74) is 1.24. The molecule has 0 unspecified atom stereocenters. The molecule has 0 aliphatic heterocycles. The van der Waals surface area contributed by atoms with E-state index in [2.05, 4.69) is 10.3 Å². The molecule has 2 aromatic carbocycles. The van der Waals surface area contributed by atoms with E-state index in [0.717, 1.165) is 5.39 Å². The van der Waals surface area contributed by atoms with Crippen molar-refractivity contribution in [2.45, 2.75) is 11.3 Å². The molecule has 7 nitrogen and oxygen atoms in total. The van der Waals surface area contributed by atoms with E-state index in [4.69, 9.17) is 20.8 Å². The van der Waals surface area contributed by atoms with Crippen molar-refractivity contribution in [2.24, 2.45) is 0 Å². The minimum Gasteiger partial charge on any atom is -0.497 e. The molecule has 0 saturated heterocycles. The van der Waals surface area contributed by atoms with Crippen LogP contribution in [0.5, 0.6) is 5.75 Å². The number of furan rings is 1. The third-order valence-corrected chi connectivity index (χ3v) is 7.24. The predicted molar refractivity (Wildman–Crippen MR) is 121 cm³/mol. The number of halogens is 1. The Morgan fingerprint density at radius 3 is 2.71 bits per heavy atom. The molecule has 0 saturated carbocycles. The number of benzene rings is 2. The number of carbonyl (C=O) groups is 1. The van der Waals surface area contributed by atoms with Gasteiger partial charge in [-0.2, -0.15) is 0 Å². The van der Waals surface area contributed by atoms with Crippen molar-refractivity contribution in [3.8, 4) is 17.2 Å². The number of rotatable bonds is 7. The smallest absolute Gasteiger partial charge is 0.227 e. The molecule has 0 atom stereocenters. The second-order valence-electron chi connectivity index (χ2n) is 6.62. The third kappa shape index (κ3) is 4.90. The van der Waals surface area contributed by atoms with Gasteiger partial charge in [-0.1, -0.05) is 11.6 Å². The first kappa shape index (κ1) is 21.4. The van der Waals surface area contributed by atoms with Gasteiger partial charge in [0.15, 0.2) is 20.7 Å². The fourth-order valence-electron chi connectivity index (χ4n) is 2.88. The van der Waals surface area contributed by atoms with Gasteiger partial charge < -0.3 is 14.5 Å². The molecule has 1 N–H and O–H groups in total. The molecule has 2 heterocycles. The number of fused-ring (bicyclic) bond motifs is 1. The van der Waals surface area contributed by atoms with Crippen molar-refractivity contribution in [3.05, 3.63) is 58.9 Å². The highest BCUT2D eigenvalue weighted by atomic mass is 35.5. The zero-order valence-electron chi connectivity index (χ0n) is 16.3. The zero-order chi connectivity index (χ0) is 22.0. The van der Waals surface area contributed by atoms with E-state index in [1.165, 1.54) is 35.6 Å². The van der Waals surface area contributed by atoms with Crippen LogP contribution in [0.2, 0.25) is 5.02 Å². The molecule has 0 aliphatic carbocycles. The average molecular weight is 477 g/mol. The molecule has 4 aromatic rings. The number of methoxy groups -OCH3 is 1. The number of nitrogens with one attached hydrogen (secondary N) is 1. The second-order valence-corrected chi connectivity index (χ2v) is 10.0. The van der Waals surface area contributed by atoms with Gasteiger partial charge in [0.1, 0.15) is 17.0 Å². The molecule has 31 heavy (non-hydrogen) atoms. The Balaban J connectivity index is 1.40. The van der Waals surface area contributed by atoms with Crippen molar-refractivity contribution >= 4 is 54.8 Å². The van der Waals surface area contributed by atoms with E-state index < -0.39 is 15.7 Å². The lowest BCUT2D eigenvalue weighted by Crippen LogP contribution is -2.17. The number of nitrogens with zero attached hydrogens (tertiary/aromatic N) is 1. The maximum atomic E-state index is 12.4. The minimum absolute atomic E-state index is 0.128. The lowest BCUT2D eigenvalue weighted by Gasteiger charge is -2.05. The highest BCUT2D eigenvalue weighted by molar-refractivity contribution is 7.91. The van der Waals surface area contributed by atoms with E-state index in [0.29, 0.717) is 32.9 Å². The van der Waals surface area contributed by atoms with Crippen molar-refractivity contribution in [3.63, 3.8) is 0 Å². The molecule has 0 fully saturated rings. The summed E-state index contributed by atoms with van der Waals surface area (Å²) in [6.45, 7) is 0. The van der Waals surface area contributed by atoms with Crippen LogP contribution in [0, 0.1) is 0 Å². The van der Waals surface area contributed by atoms with Crippen LogP contribution < -0.4 is 10.1 Å². The molecule has 160 valence electrons. The number of aromatic nitrogens is 1. The van der Waals surface area contributed by atoms with Crippen molar-refractivity contribution in [1.82, 2.24) is 4.98 Å². The molecule has 0 bridgehead atoms. The van der Waals surface area contributed by atoms with Crippen LogP contribution in [0.1, 0.15) is 6.42 Å². The summed E-state index contributed by atoms with van der Waals surface area (Å²) >= 11 is 7.02. The van der Waals surface area contributed by atoms with Gasteiger partial charge in [-0.25, -0.2) is 13.4 Å². The predicted octanol–water partition coefficient (Wildman–Crippen LogP) is 5.02. The number of carbonyl (C=O) groups excluding carboxylic acids is 1. The topological polar surface area (TPSA) is 98.5 Å². The Kier molecular flexibility index (Phi) is 5.99. The number of amides is 1. The number of sulfone groups is 1. The zero-order valence-corrected chi connectivity index (χ0v) is 18.7. The molecule has 0 aliphatic rings. The number of ether oxygens (including phenoxy) is 1. The van der Waals surface area contributed by atoms with E-state index >= 15 is 0 Å². The van der Waals surface area contributed by atoms with Crippen molar-refractivity contribution in [1.29, 1.82) is 0 Å². The van der Waals surface area contributed by atoms with E-state index in [1.807, 2.05) is 18.2 Å². The van der Waals surface area contributed by atoms with Crippen LogP contribution in [0.25, 0.3) is 22.4 Å². The Hall–Kier alpha value is -2.88. The summed E-state index contributed by atoms with van der Waals surface area (Å²) in [5.74, 6) is 0.496. The SMILES string of the molecule is COc1ccc2cc(-c3csc(NC(=O)CCS(=O)(=O)c4ccc(Cl)cc4)n3)oc2c1. The molecule has 0 spiro atoms. The third-order valence-electron chi connectivity index (χ3n) is 4.50. The largest absolute Gasteiger partial charge is 0.497 e. The van der Waals surface area contributed by atoms with E-state index in [-0.39, 0.29) is 17.1 Å². The maximum absolute atomic E-state index is 12.4. The second kappa shape index (κ2) is 8.70. The summed E-state index contributed by atoms with van der Waals surface area (Å²) in [7, 11) is -2.00. The molecule has 0 radical (unpaired) electrons. The molecule has 4 rings (SSSR count). The fourth-order valence-corrected chi connectivity index (χ4v) is 4.96. The first-order chi connectivity index (χ1) is 14.8. The highest BCUT2D eigenvalue weighted by Crippen LogP contribution is 2.32. The first-order valence-corrected chi connectivity index (χ1v) is 12.1. The lowest BCUT2D eigenvalue weighted by atomic mass is 10.2. The lowest BCUT2D eigenvalue weighted by molar-refractivity contribution is -0.115. The van der Waals surface area contributed by atoms with E-state index in [9.17, 15) is 13.2 Å². The van der Waals surface area contributed by atoms with Gasteiger partial charge in [0, 0.05) is 28.3 Å². The Bertz CT molecular complexity index is 1340. The van der Waals surface area contributed by atoms with Gasteiger partial charge in [0.05, 0.1) is 17.8 Å². The van der Waals surface area contributed by atoms with Crippen molar-refractivity contribution in [2.75, 3.05) is 18.2 Å². The Morgan fingerprint density at radius 1 is 1.19 bits per heavy atom. The molecule has 2 aromatic heterocycles. The van der Waals surface area contributed by atoms with Gasteiger partial charge >= 0.3 is 0 Å². The number of thiazole rings is 1. The van der Waals surface area contributed by atoms with Crippen LogP contribution >= 0.6 is 22.9 Å². The monoisotopic (exact) mass is 476 g/mol. The van der Waals surface area contributed by atoms with Crippen LogP contribution in [0.15, 0.2) is 63.2 Å². The van der Waals surface area contributed by atoms with Crippen LogP contribution in [-0.4, -0.2) is 32.2 Å². The van der Waals surface area contributed by atoms with Gasteiger partial charge in [-0.15, -0.1) is 11.3 Å². The Morgan fingerprint density at radius 2 is 1.97 bits per heavy atom. The summed E-state index contributed by atoms with van der Waals surface area (Å²) < 4.78 is 35.7. The van der Waals surface area contributed by atoms with Gasteiger partial charge in [0.25, 0.3) is 0 Å². The summed E-state index contributed by atoms with van der Waals surface area (Å²) in [6, 6.07) is 13.2. The molecular weight excluding hydrogens is 460 g/mol.